The van der Waals surface area contributed by atoms with Gasteiger partial charge in [0.25, 0.3) is 0 Å². The molecule has 1 aliphatic rings. The van der Waals surface area contributed by atoms with Gasteiger partial charge in [0, 0.05) is 13.5 Å². The van der Waals surface area contributed by atoms with Gasteiger partial charge in [-0.3, -0.25) is 0 Å². The van der Waals surface area contributed by atoms with Gasteiger partial charge in [-0.25, -0.2) is 0 Å². The van der Waals surface area contributed by atoms with Gasteiger partial charge in [0.2, 0.25) is 0 Å². The predicted octanol–water partition coefficient (Wildman–Crippen LogP) is -1.54. The number of hydrogen-bond donors (Lipinski definition) is 3. The van der Waals surface area contributed by atoms with Gasteiger partial charge >= 0.3 is 0 Å². The first kappa shape index (κ1) is 9.88. The molecule has 4 atom stereocenters. The zero-order chi connectivity index (χ0) is 9.14. The van der Waals surface area contributed by atoms with Crippen molar-refractivity contribution in [3.8, 4) is 0 Å². The molecule has 0 aromatic heterocycles. The third kappa shape index (κ3) is 1.94. The highest BCUT2D eigenvalue weighted by atomic mass is 16.7. The van der Waals surface area contributed by atoms with Gasteiger partial charge in [-0.05, 0) is 0 Å². The summed E-state index contributed by atoms with van der Waals surface area (Å²) in [4.78, 5) is 0. The molecule has 0 aromatic carbocycles. The molecule has 72 valence electrons. The van der Waals surface area contributed by atoms with E-state index in [4.69, 9.17) is 14.6 Å². The van der Waals surface area contributed by atoms with Crippen LogP contribution in [0.4, 0.5) is 0 Å². The zero-order valence-electron chi connectivity index (χ0n) is 6.88. The van der Waals surface area contributed by atoms with Crippen molar-refractivity contribution in [3.05, 3.63) is 0 Å². The topological polar surface area (TPSA) is 79.2 Å². The number of aliphatic hydroxyl groups excluding tert-OH is 3. The number of methoxy groups -OCH3 is 1. The maximum atomic E-state index is 9.26. The second kappa shape index (κ2) is 4.15. The van der Waals surface area contributed by atoms with Crippen molar-refractivity contribution < 1.29 is 24.8 Å². The Hall–Kier alpha value is -0.200. The quantitative estimate of drug-likeness (QED) is 0.477. The van der Waals surface area contributed by atoms with Crippen LogP contribution in [0.15, 0.2) is 0 Å². The smallest absolute Gasteiger partial charge is 0.160 e. The summed E-state index contributed by atoms with van der Waals surface area (Å²) in [5.74, 6) is 0. The van der Waals surface area contributed by atoms with E-state index in [1.54, 1.807) is 0 Å². The first-order chi connectivity index (χ1) is 5.69. The first-order valence-corrected chi connectivity index (χ1v) is 3.84. The van der Waals surface area contributed by atoms with Crippen LogP contribution in [-0.2, 0) is 9.47 Å². The Morgan fingerprint density at radius 2 is 2.17 bits per heavy atom. The molecule has 2 unspecified atom stereocenters. The molecule has 1 rings (SSSR count). The Kier molecular flexibility index (Phi) is 3.42. The summed E-state index contributed by atoms with van der Waals surface area (Å²) in [6.07, 6.45) is -2.98. The van der Waals surface area contributed by atoms with Gasteiger partial charge in [-0.15, -0.1) is 0 Å². The first-order valence-electron chi connectivity index (χ1n) is 3.84. The monoisotopic (exact) mass is 178 g/mol. The molecule has 0 amide bonds. The van der Waals surface area contributed by atoms with Gasteiger partial charge in [0.1, 0.15) is 12.2 Å². The van der Waals surface area contributed by atoms with E-state index in [9.17, 15) is 10.2 Å². The van der Waals surface area contributed by atoms with E-state index in [1.165, 1.54) is 7.11 Å². The number of rotatable bonds is 2. The largest absolute Gasteiger partial charge is 0.394 e. The van der Waals surface area contributed by atoms with Crippen LogP contribution in [0.1, 0.15) is 6.42 Å². The maximum Gasteiger partial charge on any atom is 0.160 e. The molecule has 12 heavy (non-hydrogen) atoms. The molecule has 5 nitrogen and oxygen atoms in total. The van der Waals surface area contributed by atoms with Crippen molar-refractivity contribution >= 4 is 0 Å². The average molecular weight is 178 g/mol. The molecule has 0 saturated carbocycles. The van der Waals surface area contributed by atoms with E-state index in [-0.39, 0.29) is 13.0 Å². The van der Waals surface area contributed by atoms with Crippen LogP contribution in [0.2, 0.25) is 0 Å². The molecule has 3 N–H and O–H groups in total. The highest BCUT2D eigenvalue weighted by Crippen LogP contribution is 2.20. The minimum Gasteiger partial charge on any atom is -0.394 e. The minimum atomic E-state index is -1.03. The highest BCUT2D eigenvalue weighted by Gasteiger charge is 2.36. The standard InChI is InChI=1S/C7H14O5/c1-11-6-2-4(9)7(10)5(3-8)12-6/h4-10H,2-3H2,1H3/t4?,5?,6-,7+/m0/s1. The van der Waals surface area contributed by atoms with E-state index in [1.807, 2.05) is 0 Å². The van der Waals surface area contributed by atoms with Crippen molar-refractivity contribution in [2.75, 3.05) is 13.7 Å². The van der Waals surface area contributed by atoms with Crippen LogP contribution in [0.3, 0.4) is 0 Å². The molecule has 0 bridgehead atoms. The number of aliphatic hydroxyl groups is 3. The molecule has 0 spiro atoms. The van der Waals surface area contributed by atoms with E-state index in [0.29, 0.717) is 0 Å². The third-order valence-corrected chi connectivity index (χ3v) is 1.98. The van der Waals surface area contributed by atoms with E-state index >= 15 is 0 Å². The van der Waals surface area contributed by atoms with Crippen LogP contribution in [0.5, 0.6) is 0 Å². The fraction of sp³-hybridized carbons (Fsp3) is 1.00. The predicted molar refractivity (Wildman–Crippen MR) is 39.4 cm³/mol. The molecule has 1 fully saturated rings. The molecule has 1 aliphatic heterocycles. The van der Waals surface area contributed by atoms with Gasteiger partial charge in [-0.1, -0.05) is 0 Å². The van der Waals surface area contributed by atoms with Crippen LogP contribution in [0, 0.1) is 0 Å². The van der Waals surface area contributed by atoms with E-state index < -0.39 is 24.6 Å². The van der Waals surface area contributed by atoms with Gasteiger partial charge in [0.05, 0.1) is 12.7 Å². The van der Waals surface area contributed by atoms with Crippen molar-refractivity contribution in [2.24, 2.45) is 0 Å². The van der Waals surface area contributed by atoms with Crippen molar-refractivity contribution in [2.45, 2.75) is 31.0 Å². The third-order valence-electron chi connectivity index (χ3n) is 1.98. The summed E-state index contributed by atoms with van der Waals surface area (Å²) in [6.45, 7) is -0.321. The Bertz CT molecular complexity index is 140. The van der Waals surface area contributed by atoms with E-state index in [2.05, 4.69) is 0 Å². The summed E-state index contributed by atoms with van der Waals surface area (Å²) in [5.41, 5.74) is 0. The fourth-order valence-electron chi connectivity index (χ4n) is 1.22. The molecule has 5 heteroatoms. The fourth-order valence-corrected chi connectivity index (χ4v) is 1.22. The normalized spacial score (nSPS) is 43.0. The Morgan fingerprint density at radius 3 is 2.67 bits per heavy atom. The SMILES string of the molecule is CO[C@@H]1CC(O)[C@@H](O)C(CO)O1. The van der Waals surface area contributed by atoms with Crippen molar-refractivity contribution in [1.82, 2.24) is 0 Å². The molecule has 1 heterocycles. The lowest BCUT2D eigenvalue weighted by atomic mass is 10.0. The summed E-state index contributed by atoms with van der Waals surface area (Å²) >= 11 is 0. The maximum absolute atomic E-state index is 9.26. The van der Waals surface area contributed by atoms with Crippen LogP contribution < -0.4 is 0 Å². The lowest BCUT2D eigenvalue weighted by molar-refractivity contribution is -0.248. The van der Waals surface area contributed by atoms with E-state index in [0.717, 1.165) is 0 Å². The number of ether oxygens (including phenoxy) is 2. The highest BCUT2D eigenvalue weighted by molar-refractivity contribution is 4.81. The lowest BCUT2D eigenvalue weighted by Gasteiger charge is -2.35. The lowest BCUT2D eigenvalue weighted by Crippen LogP contribution is -2.50. The van der Waals surface area contributed by atoms with Crippen LogP contribution in [0.25, 0.3) is 0 Å². The summed E-state index contributed by atoms with van der Waals surface area (Å²) < 4.78 is 9.92. The average Bonchev–Trinajstić information content (AvgIpc) is 2.09. The Balaban J connectivity index is 2.52. The Morgan fingerprint density at radius 1 is 1.50 bits per heavy atom. The second-order valence-electron chi connectivity index (χ2n) is 2.82. The minimum absolute atomic E-state index is 0.230. The van der Waals surface area contributed by atoms with Gasteiger partial charge in [-0.2, -0.15) is 0 Å². The summed E-state index contributed by atoms with van der Waals surface area (Å²) in [6, 6.07) is 0. The molecule has 1 saturated heterocycles. The van der Waals surface area contributed by atoms with Gasteiger partial charge in [0.15, 0.2) is 6.29 Å². The molecular formula is C7H14O5. The summed E-state index contributed by atoms with van der Waals surface area (Å²) in [7, 11) is 1.45. The molecule has 0 aromatic rings. The molecule has 0 aliphatic carbocycles. The van der Waals surface area contributed by atoms with Crippen LogP contribution in [-0.4, -0.2) is 53.6 Å². The van der Waals surface area contributed by atoms with Crippen molar-refractivity contribution in [1.29, 1.82) is 0 Å². The molecular weight excluding hydrogens is 164 g/mol. The van der Waals surface area contributed by atoms with Crippen LogP contribution >= 0.6 is 0 Å². The second-order valence-corrected chi connectivity index (χ2v) is 2.82. The summed E-state index contributed by atoms with van der Waals surface area (Å²) in [5, 5.41) is 27.3. The zero-order valence-corrected chi connectivity index (χ0v) is 6.88. The van der Waals surface area contributed by atoms with Gasteiger partial charge < -0.3 is 24.8 Å². The number of hydrogen-bond acceptors (Lipinski definition) is 5. The van der Waals surface area contributed by atoms with Crippen molar-refractivity contribution in [3.63, 3.8) is 0 Å². The Labute approximate surface area is 70.5 Å². The molecule has 0 radical (unpaired) electrons.